The minimum absolute atomic E-state index is 0.0723. The van der Waals surface area contributed by atoms with Gasteiger partial charge < -0.3 is 11.1 Å². The number of hydrogen-bond acceptors (Lipinski definition) is 3. The van der Waals surface area contributed by atoms with Crippen molar-refractivity contribution in [2.45, 2.75) is 19.9 Å². The van der Waals surface area contributed by atoms with Crippen molar-refractivity contribution >= 4 is 11.7 Å². The van der Waals surface area contributed by atoms with Gasteiger partial charge in [0.1, 0.15) is 11.5 Å². The second-order valence-corrected chi connectivity index (χ2v) is 4.50. The molecule has 0 spiro atoms. The predicted molar refractivity (Wildman–Crippen MR) is 75.7 cm³/mol. The van der Waals surface area contributed by atoms with Crippen LogP contribution in [0.1, 0.15) is 34.6 Å². The van der Waals surface area contributed by atoms with Gasteiger partial charge in [0, 0.05) is 0 Å². The van der Waals surface area contributed by atoms with Gasteiger partial charge in [-0.05, 0) is 37.1 Å². The molecular formula is C15H17N3O. The smallest absolute Gasteiger partial charge is 0.270 e. The molecule has 3 N–H and O–H groups in total. The van der Waals surface area contributed by atoms with E-state index >= 15 is 0 Å². The maximum atomic E-state index is 12.1. The molecule has 0 radical (unpaired) electrons. The van der Waals surface area contributed by atoms with Crippen molar-refractivity contribution in [2.75, 3.05) is 5.73 Å². The maximum Gasteiger partial charge on any atom is 0.270 e. The van der Waals surface area contributed by atoms with E-state index in [1.165, 1.54) is 0 Å². The van der Waals surface area contributed by atoms with Gasteiger partial charge in [0.2, 0.25) is 0 Å². The number of carbonyl (C=O) groups is 1. The molecule has 0 aliphatic rings. The minimum atomic E-state index is -0.219. The Bertz CT molecular complexity index is 595. The van der Waals surface area contributed by atoms with Gasteiger partial charge in [-0.25, -0.2) is 4.98 Å². The largest absolute Gasteiger partial charge is 0.384 e. The molecule has 0 aliphatic heterocycles. The van der Waals surface area contributed by atoms with E-state index in [1.807, 2.05) is 38.1 Å². The maximum absolute atomic E-state index is 12.1. The number of nitrogens with one attached hydrogen (secondary N) is 1. The summed E-state index contributed by atoms with van der Waals surface area (Å²) in [6.45, 7) is 3.98. The molecule has 0 fully saturated rings. The van der Waals surface area contributed by atoms with Crippen molar-refractivity contribution in [3.8, 4) is 0 Å². The summed E-state index contributed by atoms with van der Waals surface area (Å²) in [7, 11) is 0. The first kappa shape index (κ1) is 13.1. The normalized spacial score (nSPS) is 11.9. The predicted octanol–water partition coefficient (Wildman–Crippen LogP) is 2.46. The first-order chi connectivity index (χ1) is 9.08. The lowest BCUT2D eigenvalue weighted by Crippen LogP contribution is -2.28. The van der Waals surface area contributed by atoms with E-state index in [1.54, 1.807) is 18.2 Å². The van der Waals surface area contributed by atoms with Gasteiger partial charge in [-0.3, -0.25) is 4.79 Å². The van der Waals surface area contributed by atoms with E-state index in [4.69, 9.17) is 5.73 Å². The summed E-state index contributed by atoms with van der Waals surface area (Å²) in [5.41, 5.74) is 8.15. The fourth-order valence-corrected chi connectivity index (χ4v) is 2.00. The number of rotatable bonds is 3. The highest BCUT2D eigenvalue weighted by molar-refractivity contribution is 5.92. The number of nitrogens with zero attached hydrogens (tertiary/aromatic N) is 1. The molecule has 1 aromatic heterocycles. The average Bonchev–Trinajstić information content (AvgIpc) is 2.39. The first-order valence-corrected chi connectivity index (χ1v) is 6.17. The van der Waals surface area contributed by atoms with Crippen LogP contribution in [0, 0.1) is 6.92 Å². The zero-order valence-electron chi connectivity index (χ0n) is 11.1. The number of anilines is 1. The summed E-state index contributed by atoms with van der Waals surface area (Å²) >= 11 is 0. The second-order valence-electron chi connectivity index (χ2n) is 4.50. The van der Waals surface area contributed by atoms with Crippen LogP contribution in [0.3, 0.4) is 0 Å². The number of amides is 1. The number of aryl methyl sites for hydroxylation is 1. The van der Waals surface area contributed by atoms with Crippen LogP contribution in [-0.4, -0.2) is 10.9 Å². The SMILES string of the molecule is Cc1ccccc1C(C)NC(=O)c1cccc(N)n1. The monoisotopic (exact) mass is 255 g/mol. The third-order valence-electron chi connectivity index (χ3n) is 3.01. The number of benzene rings is 1. The van der Waals surface area contributed by atoms with Crippen LogP contribution in [0.25, 0.3) is 0 Å². The molecule has 0 bridgehead atoms. The Morgan fingerprint density at radius 3 is 2.63 bits per heavy atom. The van der Waals surface area contributed by atoms with Gasteiger partial charge in [-0.15, -0.1) is 0 Å². The lowest BCUT2D eigenvalue weighted by molar-refractivity contribution is 0.0935. The molecular weight excluding hydrogens is 238 g/mol. The zero-order valence-corrected chi connectivity index (χ0v) is 11.1. The van der Waals surface area contributed by atoms with Gasteiger partial charge in [0.15, 0.2) is 0 Å². The van der Waals surface area contributed by atoms with Gasteiger partial charge in [-0.2, -0.15) is 0 Å². The molecule has 98 valence electrons. The van der Waals surface area contributed by atoms with Crippen molar-refractivity contribution in [1.29, 1.82) is 0 Å². The van der Waals surface area contributed by atoms with Crippen molar-refractivity contribution in [2.24, 2.45) is 0 Å². The molecule has 1 amide bonds. The molecule has 0 aliphatic carbocycles. The van der Waals surface area contributed by atoms with E-state index in [2.05, 4.69) is 10.3 Å². The zero-order chi connectivity index (χ0) is 13.8. The molecule has 2 rings (SSSR count). The van der Waals surface area contributed by atoms with Crippen LogP contribution in [0.2, 0.25) is 0 Å². The summed E-state index contributed by atoms with van der Waals surface area (Å²) in [5.74, 6) is 0.124. The van der Waals surface area contributed by atoms with Crippen molar-refractivity contribution in [3.05, 3.63) is 59.3 Å². The van der Waals surface area contributed by atoms with Crippen LogP contribution in [0.15, 0.2) is 42.5 Å². The van der Waals surface area contributed by atoms with Gasteiger partial charge in [0.05, 0.1) is 6.04 Å². The molecule has 1 heterocycles. The number of aromatic nitrogens is 1. The minimum Gasteiger partial charge on any atom is -0.384 e. The van der Waals surface area contributed by atoms with Crippen LogP contribution < -0.4 is 11.1 Å². The van der Waals surface area contributed by atoms with Crippen molar-refractivity contribution in [1.82, 2.24) is 10.3 Å². The Morgan fingerprint density at radius 1 is 1.21 bits per heavy atom. The highest BCUT2D eigenvalue weighted by atomic mass is 16.1. The molecule has 2 aromatic rings. The van der Waals surface area contributed by atoms with Crippen molar-refractivity contribution in [3.63, 3.8) is 0 Å². The molecule has 19 heavy (non-hydrogen) atoms. The summed E-state index contributed by atoms with van der Waals surface area (Å²) in [4.78, 5) is 16.1. The molecule has 0 saturated heterocycles. The van der Waals surface area contributed by atoms with E-state index in [-0.39, 0.29) is 11.9 Å². The lowest BCUT2D eigenvalue weighted by atomic mass is 10.0. The Hall–Kier alpha value is -2.36. The van der Waals surface area contributed by atoms with Gasteiger partial charge >= 0.3 is 0 Å². The fraction of sp³-hybridized carbons (Fsp3) is 0.200. The number of pyridine rings is 1. The van der Waals surface area contributed by atoms with E-state index < -0.39 is 0 Å². The van der Waals surface area contributed by atoms with E-state index in [9.17, 15) is 4.79 Å². The second kappa shape index (κ2) is 5.52. The van der Waals surface area contributed by atoms with Gasteiger partial charge in [-0.1, -0.05) is 30.3 Å². The van der Waals surface area contributed by atoms with Gasteiger partial charge in [0.25, 0.3) is 5.91 Å². The summed E-state index contributed by atoms with van der Waals surface area (Å²) in [6.07, 6.45) is 0. The molecule has 4 nitrogen and oxygen atoms in total. The first-order valence-electron chi connectivity index (χ1n) is 6.17. The fourth-order valence-electron chi connectivity index (χ4n) is 2.00. The summed E-state index contributed by atoms with van der Waals surface area (Å²) in [5, 5.41) is 2.92. The molecule has 1 unspecified atom stereocenters. The van der Waals surface area contributed by atoms with E-state index in [0.717, 1.165) is 11.1 Å². The molecule has 0 saturated carbocycles. The number of hydrogen-bond donors (Lipinski definition) is 2. The highest BCUT2D eigenvalue weighted by Gasteiger charge is 2.13. The number of nitrogens with two attached hydrogens (primary N) is 1. The third kappa shape index (κ3) is 3.10. The Kier molecular flexibility index (Phi) is 3.80. The highest BCUT2D eigenvalue weighted by Crippen LogP contribution is 2.17. The number of carbonyl (C=O) groups excluding carboxylic acids is 1. The van der Waals surface area contributed by atoms with E-state index in [0.29, 0.717) is 11.5 Å². The third-order valence-corrected chi connectivity index (χ3v) is 3.01. The van der Waals surface area contributed by atoms with Crippen LogP contribution in [0.5, 0.6) is 0 Å². The standard InChI is InChI=1S/C15H17N3O/c1-10-6-3-4-7-12(10)11(2)17-15(19)13-8-5-9-14(16)18-13/h3-9,11H,1-2H3,(H2,16,18)(H,17,19). The van der Waals surface area contributed by atoms with Crippen LogP contribution >= 0.6 is 0 Å². The quantitative estimate of drug-likeness (QED) is 0.885. The summed E-state index contributed by atoms with van der Waals surface area (Å²) < 4.78 is 0. The topological polar surface area (TPSA) is 68.0 Å². The molecule has 1 aromatic carbocycles. The lowest BCUT2D eigenvalue weighted by Gasteiger charge is -2.16. The Morgan fingerprint density at radius 2 is 1.95 bits per heavy atom. The molecule has 4 heteroatoms. The Labute approximate surface area is 112 Å². The number of nitrogen functional groups attached to an aromatic ring is 1. The average molecular weight is 255 g/mol. The summed E-state index contributed by atoms with van der Waals surface area (Å²) in [6, 6.07) is 12.9. The van der Waals surface area contributed by atoms with Crippen LogP contribution in [0.4, 0.5) is 5.82 Å². The van der Waals surface area contributed by atoms with Crippen LogP contribution in [-0.2, 0) is 0 Å². The van der Waals surface area contributed by atoms with Crippen molar-refractivity contribution < 1.29 is 4.79 Å². The molecule has 1 atom stereocenters. The Balaban J connectivity index is 2.13.